The first kappa shape index (κ1) is 7.73. The van der Waals surface area contributed by atoms with Crippen molar-refractivity contribution in [1.29, 1.82) is 0 Å². The van der Waals surface area contributed by atoms with Crippen molar-refractivity contribution >= 4 is 6.29 Å². The van der Waals surface area contributed by atoms with Crippen LogP contribution in [0, 0.1) is 0 Å². The topological polar surface area (TPSA) is 17.1 Å². The Hall–Kier alpha value is -1.37. The first-order valence-electron chi connectivity index (χ1n) is 3.51. The van der Waals surface area contributed by atoms with Gasteiger partial charge in [-0.1, -0.05) is 36.4 Å². The van der Waals surface area contributed by atoms with E-state index < -0.39 is 0 Å². The molecule has 0 bridgehead atoms. The Balaban J connectivity index is 2.90. The van der Waals surface area contributed by atoms with Crippen molar-refractivity contribution in [3.8, 4) is 0 Å². The Morgan fingerprint density at radius 2 is 1.91 bits per heavy atom. The van der Waals surface area contributed by atoms with Crippen molar-refractivity contribution < 1.29 is 4.79 Å². The highest BCUT2D eigenvalue weighted by Crippen LogP contribution is 2.12. The number of aldehydes is 1. The molecule has 1 heteroatoms. The summed E-state index contributed by atoms with van der Waals surface area (Å²) in [6.45, 7) is 3.58. The number of rotatable bonds is 3. The van der Waals surface area contributed by atoms with Crippen molar-refractivity contribution in [3.63, 3.8) is 0 Å². The van der Waals surface area contributed by atoms with Crippen molar-refractivity contribution in [3.05, 3.63) is 48.6 Å². The van der Waals surface area contributed by atoms with E-state index in [4.69, 9.17) is 0 Å². The first-order chi connectivity index (χ1) is 5.38. The van der Waals surface area contributed by atoms with Gasteiger partial charge in [0.15, 0.2) is 0 Å². The summed E-state index contributed by atoms with van der Waals surface area (Å²) in [5.74, 6) is -0.156. The number of benzene rings is 1. The Kier molecular flexibility index (Phi) is 2.61. The van der Waals surface area contributed by atoms with Gasteiger partial charge in [0.1, 0.15) is 6.29 Å². The summed E-state index contributed by atoms with van der Waals surface area (Å²) < 4.78 is 0. The third-order valence-electron chi connectivity index (χ3n) is 1.59. The number of hydrogen-bond donors (Lipinski definition) is 0. The molecule has 0 aliphatic rings. The summed E-state index contributed by atoms with van der Waals surface area (Å²) in [4.78, 5) is 10.5. The van der Waals surface area contributed by atoms with Crippen molar-refractivity contribution in [2.75, 3.05) is 0 Å². The molecule has 0 heterocycles. The van der Waals surface area contributed by atoms with Crippen LogP contribution < -0.4 is 0 Å². The first-order valence-corrected chi connectivity index (χ1v) is 3.51. The molecule has 0 saturated carbocycles. The molecule has 0 aliphatic heterocycles. The van der Waals surface area contributed by atoms with Gasteiger partial charge in [0.05, 0.1) is 5.92 Å². The maximum Gasteiger partial charge on any atom is 0.131 e. The zero-order valence-corrected chi connectivity index (χ0v) is 6.23. The van der Waals surface area contributed by atoms with Gasteiger partial charge in [0.2, 0.25) is 0 Å². The largest absolute Gasteiger partial charge is 0.302 e. The molecule has 0 fully saturated rings. The molecule has 1 rings (SSSR count). The molecule has 0 amide bonds. The normalized spacial score (nSPS) is 12.0. The maximum absolute atomic E-state index is 10.5. The molecule has 11 heavy (non-hydrogen) atoms. The van der Waals surface area contributed by atoms with E-state index in [2.05, 4.69) is 6.58 Å². The smallest absolute Gasteiger partial charge is 0.131 e. The summed E-state index contributed by atoms with van der Waals surface area (Å²) >= 11 is 0. The molecule has 0 spiro atoms. The van der Waals surface area contributed by atoms with Gasteiger partial charge in [-0.3, -0.25) is 0 Å². The zero-order chi connectivity index (χ0) is 8.10. The Bertz CT molecular complexity index is 230. The number of carbonyl (C=O) groups excluding carboxylic acids is 1. The maximum atomic E-state index is 10.5. The third kappa shape index (κ3) is 1.77. The Morgan fingerprint density at radius 1 is 1.27 bits per heavy atom. The van der Waals surface area contributed by atoms with Crippen LogP contribution in [0.15, 0.2) is 43.0 Å². The molecular weight excluding hydrogens is 136 g/mol. The number of allylic oxidation sites excluding steroid dienone is 1. The molecule has 0 aromatic heterocycles. The summed E-state index contributed by atoms with van der Waals surface area (Å²) in [7, 11) is 0. The average molecular weight is 146 g/mol. The molecule has 1 atom stereocenters. The average Bonchev–Trinajstić information content (AvgIpc) is 2.09. The minimum absolute atomic E-state index is 0.156. The summed E-state index contributed by atoms with van der Waals surface area (Å²) in [5.41, 5.74) is 0.998. The van der Waals surface area contributed by atoms with Crippen LogP contribution in [-0.4, -0.2) is 6.29 Å². The second kappa shape index (κ2) is 3.71. The van der Waals surface area contributed by atoms with Crippen LogP contribution in [0.25, 0.3) is 0 Å². The fourth-order valence-electron chi connectivity index (χ4n) is 0.945. The van der Waals surface area contributed by atoms with Crippen molar-refractivity contribution in [2.45, 2.75) is 5.92 Å². The van der Waals surface area contributed by atoms with Crippen LogP contribution in [-0.2, 0) is 4.79 Å². The van der Waals surface area contributed by atoms with Crippen LogP contribution in [0.1, 0.15) is 11.5 Å². The van der Waals surface area contributed by atoms with E-state index in [0.717, 1.165) is 11.8 Å². The highest BCUT2D eigenvalue weighted by molar-refractivity contribution is 5.64. The van der Waals surface area contributed by atoms with Gasteiger partial charge in [0, 0.05) is 0 Å². The zero-order valence-electron chi connectivity index (χ0n) is 6.23. The Labute approximate surface area is 66.4 Å². The van der Waals surface area contributed by atoms with Gasteiger partial charge in [-0.05, 0) is 5.56 Å². The van der Waals surface area contributed by atoms with Crippen LogP contribution in [0.2, 0.25) is 0 Å². The van der Waals surface area contributed by atoms with Gasteiger partial charge in [0.25, 0.3) is 0 Å². The standard InChI is InChI=1S/C10H10O/c1-2-9(8-11)10-6-4-3-5-7-10/h2-9H,1H2. The lowest BCUT2D eigenvalue weighted by Crippen LogP contribution is -1.94. The van der Waals surface area contributed by atoms with Crippen LogP contribution in [0.3, 0.4) is 0 Å². The van der Waals surface area contributed by atoms with Crippen molar-refractivity contribution in [2.24, 2.45) is 0 Å². The fourth-order valence-corrected chi connectivity index (χ4v) is 0.945. The van der Waals surface area contributed by atoms with E-state index in [9.17, 15) is 4.79 Å². The molecule has 1 aromatic carbocycles. The lowest BCUT2D eigenvalue weighted by Gasteiger charge is -2.02. The van der Waals surface area contributed by atoms with E-state index >= 15 is 0 Å². The summed E-state index contributed by atoms with van der Waals surface area (Å²) in [5, 5.41) is 0. The second-order valence-corrected chi connectivity index (χ2v) is 2.31. The van der Waals surface area contributed by atoms with E-state index in [0.29, 0.717) is 0 Å². The summed E-state index contributed by atoms with van der Waals surface area (Å²) in [6.07, 6.45) is 2.53. The molecule has 0 saturated heterocycles. The van der Waals surface area contributed by atoms with Crippen LogP contribution in [0.5, 0.6) is 0 Å². The molecule has 0 N–H and O–H groups in total. The minimum atomic E-state index is -0.156. The minimum Gasteiger partial charge on any atom is -0.302 e. The molecule has 0 radical (unpaired) electrons. The molecule has 56 valence electrons. The molecule has 1 nitrogen and oxygen atoms in total. The van der Waals surface area contributed by atoms with Crippen LogP contribution in [0.4, 0.5) is 0 Å². The number of hydrogen-bond acceptors (Lipinski definition) is 1. The lowest BCUT2D eigenvalue weighted by molar-refractivity contribution is -0.108. The third-order valence-corrected chi connectivity index (χ3v) is 1.59. The highest BCUT2D eigenvalue weighted by atomic mass is 16.1. The van der Waals surface area contributed by atoms with Crippen LogP contribution >= 0.6 is 0 Å². The second-order valence-electron chi connectivity index (χ2n) is 2.31. The molecule has 0 aliphatic carbocycles. The fraction of sp³-hybridized carbons (Fsp3) is 0.100. The van der Waals surface area contributed by atoms with Gasteiger partial charge < -0.3 is 4.79 Å². The lowest BCUT2D eigenvalue weighted by atomic mass is 10.0. The Morgan fingerprint density at radius 3 is 2.36 bits per heavy atom. The quantitative estimate of drug-likeness (QED) is 0.471. The van der Waals surface area contributed by atoms with Crippen molar-refractivity contribution in [1.82, 2.24) is 0 Å². The molecule has 1 unspecified atom stereocenters. The van der Waals surface area contributed by atoms with E-state index in [-0.39, 0.29) is 5.92 Å². The van der Waals surface area contributed by atoms with E-state index in [1.54, 1.807) is 6.08 Å². The molecular formula is C10H10O. The highest BCUT2D eigenvalue weighted by Gasteiger charge is 2.02. The van der Waals surface area contributed by atoms with Gasteiger partial charge in [-0.2, -0.15) is 0 Å². The SMILES string of the molecule is C=CC(C=O)c1ccccc1. The van der Waals surface area contributed by atoms with Gasteiger partial charge in [-0.15, -0.1) is 6.58 Å². The predicted octanol–water partition coefficient (Wildman–Crippen LogP) is 2.16. The predicted molar refractivity (Wildman–Crippen MR) is 45.4 cm³/mol. The molecule has 1 aromatic rings. The monoisotopic (exact) mass is 146 g/mol. The van der Waals surface area contributed by atoms with E-state index in [1.807, 2.05) is 30.3 Å². The van der Waals surface area contributed by atoms with E-state index in [1.165, 1.54) is 0 Å². The van der Waals surface area contributed by atoms with Gasteiger partial charge >= 0.3 is 0 Å². The summed E-state index contributed by atoms with van der Waals surface area (Å²) in [6, 6.07) is 9.58. The number of carbonyl (C=O) groups is 1. The van der Waals surface area contributed by atoms with Gasteiger partial charge in [-0.25, -0.2) is 0 Å².